The molecule has 0 atom stereocenters. The van der Waals surface area contributed by atoms with Crippen LogP contribution in [-0.4, -0.2) is 20.0 Å². The number of carbonyl (C=O) groups excluding carboxylic acids is 1. The van der Waals surface area contributed by atoms with E-state index in [9.17, 15) is 4.79 Å². The van der Waals surface area contributed by atoms with Crippen molar-refractivity contribution >= 4 is 39.0 Å². The van der Waals surface area contributed by atoms with Crippen molar-refractivity contribution in [1.82, 2.24) is 0 Å². The van der Waals surface area contributed by atoms with Crippen LogP contribution in [0.4, 0.5) is 5.69 Å². The number of halogens is 2. The van der Waals surface area contributed by atoms with Gasteiger partial charge in [0.05, 0.1) is 30.5 Å². The van der Waals surface area contributed by atoms with Gasteiger partial charge in [0.1, 0.15) is 16.0 Å². The van der Waals surface area contributed by atoms with Crippen LogP contribution in [0.2, 0.25) is 5.02 Å². The Bertz CT molecular complexity index is 704. The number of rotatable bonds is 4. The summed E-state index contributed by atoms with van der Waals surface area (Å²) in [5.74, 6) is 0.687. The SMILES string of the molecule is COc1ccc(C(=O)c2cccc(N)c2Cl)c(OC)c1Br. The van der Waals surface area contributed by atoms with Crippen LogP contribution in [-0.2, 0) is 0 Å². The first kappa shape index (κ1) is 15.7. The number of hydrogen-bond acceptors (Lipinski definition) is 4. The van der Waals surface area contributed by atoms with E-state index in [1.54, 1.807) is 30.3 Å². The first-order valence-corrected chi connectivity index (χ1v) is 7.17. The molecule has 21 heavy (non-hydrogen) atoms. The van der Waals surface area contributed by atoms with Crippen molar-refractivity contribution in [3.05, 3.63) is 51.0 Å². The quantitative estimate of drug-likeness (QED) is 0.654. The summed E-state index contributed by atoms with van der Waals surface area (Å²) in [6, 6.07) is 8.25. The maximum atomic E-state index is 12.7. The van der Waals surface area contributed by atoms with E-state index < -0.39 is 0 Å². The molecule has 4 nitrogen and oxygen atoms in total. The summed E-state index contributed by atoms with van der Waals surface area (Å²) in [7, 11) is 3.02. The molecular weight excluding hydrogens is 358 g/mol. The van der Waals surface area contributed by atoms with E-state index in [4.69, 9.17) is 26.8 Å². The molecule has 0 saturated heterocycles. The van der Waals surface area contributed by atoms with E-state index in [-0.39, 0.29) is 10.8 Å². The highest BCUT2D eigenvalue weighted by atomic mass is 79.9. The lowest BCUT2D eigenvalue weighted by Crippen LogP contribution is -2.07. The normalized spacial score (nSPS) is 10.3. The van der Waals surface area contributed by atoms with Gasteiger partial charge in [0, 0.05) is 5.56 Å². The van der Waals surface area contributed by atoms with Gasteiger partial charge in [-0.25, -0.2) is 0 Å². The zero-order valence-corrected chi connectivity index (χ0v) is 13.8. The highest BCUT2D eigenvalue weighted by Gasteiger charge is 2.21. The van der Waals surface area contributed by atoms with Crippen LogP contribution < -0.4 is 15.2 Å². The van der Waals surface area contributed by atoms with Crippen LogP contribution in [0.1, 0.15) is 15.9 Å². The molecule has 2 rings (SSSR count). The third-order valence-electron chi connectivity index (χ3n) is 3.00. The van der Waals surface area contributed by atoms with Crippen LogP contribution in [0.25, 0.3) is 0 Å². The molecule has 0 aromatic heterocycles. The number of anilines is 1. The van der Waals surface area contributed by atoms with Crippen LogP contribution in [0.15, 0.2) is 34.8 Å². The van der Waals surface area contributed by atoms with Crippen molar-refractivity contribution in [1.29, 1.82) is 0 Å². The van der Waals surface area contributed by atoms with Gasteiger partial charge in [-0.05, 0) is 40.2 Å². The second-order valence-electron chi connectivity index (χ2n) is 4.20. The van der Waals surface area contributed by atoms with Crippen molar-refractivity contribution in [2.45, 2.75) is 0 Å². The van der Waals surface area contributed by atoms with Gasteiger partial charge in [-0.2, -0.15) is 0 Å². The van der Waals surface area contributed by atoms with Crippen LogP contribution in [0.5, 0.6) is 11.5 Å². The second-order valence-corrected chi connectivity index (χ2v) is 5.37. The summed E-state index contributed by atoms with van der Waals surface area (Å²) >= 11 is 9.48. The summed E-state index contributed by atoms with van der Waals surface area (Å²) in [6.07, 6.45) is 0. The second kappa shape index (κ2) is 6.37. The van der Waals surface area contributed by atoms with Crippen molar-refractivity contribution in [3.63, 3.8) is 0 Å². The lowest BCUT2D eigenvalue weighted by molar-refractivity contribution is 0.103. The Morgan fingerprint density at radius 2 is 1.86 bits per heavy atom. The van der Waals surface area contributed by atoms with Gasteiger partial charge in [0.25, 0.3) is 0 Å². The van der Waals surface area contributed by atoms with Crippen LogP contribution in [0.3, 0.4) is 0 Å². The summed E-state index contributed by atoms with van der Waals surface area (Å²) in [5.41, 5.74) is 6.79. The molecule has 0 saturated carbocycles. The van der Waals surface area contributed by atoms with Crippen LogP contribution in [0, 0.1) is 0 Å². The monoisotopic (exact) mass is 369 g/mol. The molecule has 110 valence electrons. The Morgan fingerprint density at radius 3 is 2.48 bits per heavy atom. The third-order valence-corrected chi connectivity index (χ3v) is 4.18. The molecule has 2 aromatic rings. The number of carbonyl (C=O) groups is 1. The van der Waals surface area contributed by atoms with E-state index >= 15 is 0 Å². The molecule has 2 aromatic carbocycles. The Hall–Kier alpha value is -1.72. The number of ketones is 1. The van der Waals surface area contributed by atoms with E-state index in [1.807, 2.05) is 0 Å². The average molecular weight is 371 g/mol. The summed E-state index contributed by atoms with van der Waals surface area (Å²) < 4.78 is 11.1. The lowest BCUT2D eigenvalue weighted by atomic mass is 10.0. The molecule has 0 spiro atoms. The molecule has 0 bridgehead atoms. The molecule has 0 unspecified atom stereocenters. The minimum absolute atomic E-state index is 0.233. The molecule has 0 aliphatic heterocycles. The van der Waals surface area contributed by atoms with E-state index in [0.717, 1.165) is 0 Å². The minimum Gasteiger partial charge on any atom is -0.495 e. The van der Waals surface area contributed by atoms with Gasteiger partial charge in [-0.3, -0.25) is 4.79 Å². The zero-order valence-electron chi connectivity index (χ0n) is 11.4. The van der Waals surface area contributed by atoms with Crippen molar-refractivity contribution in [2.24, 2.45) is 0 Å². The highest BCUT2D eigenvalue weighted by molar-refractivity contribution is 9.10. The molecule has 0 aliphatic rings. The Morgan fingerprint density at radius 1 is 1.14 bits per heavy atom. The number of nitrogens with two attached hydrogens (primary N) is 1. The molecule has 0 aliphatic carbocycles. The van der Waals surface area contributed by atoms with Crippen molar-refractivity contribution < 1.29 is 14.3 Å². The maximum absolute atomic E-state index is 12.7. The Kier molecular flexibility index (Phi) is 4.75. The Balaban J connectivity index is 2.59. The van der Waals surface area contributed by atoms with Gasteiger partial charge in [0.2, 0.25) is 0 Å². The summed E-state index contributed by atoms with van der Waals surface area (Å²) in [4.78, 5) is 12.7. The van der Waals surface area contributed by atoms with E-state index in [0.29, 0.717) is 32.8 Å². The lowest BCUT2D eigenvalue weighted by Gasteiger charge is -2.13. The minimum atomic E-state index is -0.271. The fourth-order valence-electron chi connectivity index (χ4n) is 1.94. The maximum Gasteiger partial charge on any atom is 0.198 e. The van der Waals surface area contributed by atoms with Gasteiger partial charge in [-0.15, -0.1) is 0 Å². The molecule has 0 radical (unpaired) electrons. The third kappa shape index (κ3) is 2.84. The summed E-state index contributed by atoms with van der Waals surface area (Å²) in [6.45, 7) is 0. The number of methoxy groups -OCH3 is 2. The summed E-state index contributed by atoms with van der Waals surface area (Å²) in [5, 5.41) is 0.233. The smallest absolute Gasteiger partial charge is 0.198 e. The predicted molar refractivity (Wildman–Crippen MR) is 86.5 cm³/mol. The van der Waals surface area contributed by atoms with Gasteiger partial charge in [0.15, 0.2) is 5.78 Å². The molecule has 0 fully saturated rings. The average Bonchev–Trinajstić information content (AvgIpc) is 2.49. The van der Waals surface area contributed by atoms with Crippen LogP contribution >= 0.6 is 27.5 Å². The number of hydrogen-bond donors (Lipinski definition) is 1. The fourth-order valence-corrected chi connectivity index (χ4v) is 2.83. The first-order valence-electron chi connectivity index (χ1n) is 6.00. The number of benzene rings is 2. The first-order chi connectivity index (χ1) is 10.0. The predicted octanol–water partition coefficient (Wildman–Crippen LogP) is 3.93. The topological polar surface area (TPSA) is 61.5 Å². The van der Waals surface area contributed by atoms with Gasteiger partial charge < -0.3 is 15.2 Å². The van der Waals surface area contributed by atoms with E-state index in [2.05, 4.69) is 15.9 Å². The van der Waals surface area contributed by atoms with Crippen molar-refractivity contribution in [2.75, 3.05) is 20.0 Å². The molecule has 0 amide bonds. The van der Waals surface area contributed by atoms with Crippen molar-refractivity contribution in [3.8, 4) is 11.5 Å². The zero-order chi connectivity index (χ0) is 15.6. The number of ether oxygens (including phenoxy) is 2. The molecule has 2 N–H and O–H groups in total. The Labute approximate surface area is 135 Å². The largest absolute Gasteiger partial charge is 0.495 e. The van der Waals surface area contributed by atoms with E-state index in [1.165, 1.54) is 14.2 Å². The molecule has 6 heteroatoms. The fraction of sp³-hybridized carbons (Fsp3) is 0.133. The standard InChI is InChI=1S/C15H13BrClNO3/c1-20-11-7-6-9(15(21-2)12(11)16)14(19)8-4-3-5-10(18)13(8)17/h3-7H,18H2,1-2H3. The molecule has 0 heterocycles. The highest BCUT2D eigenvalue weighted by Crippen LogP contribution is 2.38. The number of nitrogen functional groups attached to an aromatic ring is 1. The van der Waals surface area contributed by atoms with Gasteiger partial charge in [-0.1, -0.05) is 17.7 Å². The molecular formula is C15H13BrClNO3. The van der Waals surface area contributed by atoms with Gasteiger partial charge >= 0.3 is 0 Å².